The number of aryl methyl sites for hydroxylation is 1. The molecule has 0 fully saturated rings. The fourth-order valence-corrected chi connectivity index (χ4v) is 2.27. The third-order valence-electron chi connectivity index (χ3n) is 3.68. The minimum absolute atomic E-state index is 0.144. The van der Waals surface area contributed by atoms with Gasteiger partial charge in [-0.1, -0.05) is 18.2 Å². The summed E-state index contributed by atoms with van der Waals surface area (Å²) in [7, 11) is 0. The van der Waals surface area contributed by atoms with Crippen molar-refractivity contribution in [1.29, 1.82) is 0 Å². The molecule has 0 aliphatic heterocycles. The average molecular weight is 329 g/mol. The number of nitrogens with zero attached hydrogens (tertiary/aromatic N) is 1. The largest absolute Gasteiger partial charge is 0.369 e. The molecule has 126 valence electrons. The van der Waals surface area contributed by atoms with Gasteiger partial charge in [0.15, 0.2) is 0 Å². The molecule has 3 N–H and O–H groups in total. The quantitative estimate of drug-likeness (QED) is 0.808. The molecule has 0 aliphatic rings. The van der Waals surface area contributed by atoms with Gasteiger partial charge in [-0.15, -0.1) is 0 Å². The lowest BCUT2D eigenvalue weighted by atomic mass is 9.98. The van der Waals surface area contributed by atoms with Crippen LogP contribution in [0.1, 0.15) is 16.8 Å². The number of halogens is 1. The van der Waals surface area contributed by atoms with E-state index in [4.69, 9.17) is 5.73 Å². The number of hydrogen-bond acceptors (Lipinski definition) is 3. The number of benzene rings is 1. The summed E-state index contributed by atoms with van der Waals surface area (Å²) in [6.07, 6.45) is 2.19. The first-order valence-electron chi connectivity index (χ1n) is 7.66. The zero-order valence-corrected chi connectivity index (χ0v) is 13.5. The van der Waals surface area contributed by atoms with Crippen LogP contribution in [0.25, 0.3) is 0 Å². The molecular formula is C18H20FN3O2. The van der Waals surface area contributed by atoms with Gasteiger partial charge in [0.2, 0.25) is 11.8 Å². The van der Waals surface area contributed by atoms with Crippen molar-refractivity contribution in [2.45, 2.75) is 19.8 Å². The second-order valence-corrected chi connectivity index (χ2v) is 5.72. The standard InChI is InChI=1S/C18H20FN3O2/c1-12-2-3-14(10-21-12)9-17(23)22-11-15(18(20)24)8-13-4-6-16(19)7-5-13/h2-7,10,15H,8-9,11H2,1H3,(H2,20,24)(H,22,23). The van der Waals surface area contributed by atoms with Crippen molar-refractivity contribution in [3.8, 4) is 0 Å². The first-order chi connectivity index (χ1) is 11.4. The summed E-state index contributed by atoms with van der Waals surface area (Å²) in [6.45, 7) is 2.02. The van der Waals surface area contributed by atoms with E-state index in [0.717, 1.165) is 16.8 Å². The fraction of sp³-hybridized carbons (Fsp3) is 0.278. The van der Waals surface area contributed by atoms with E-state index in [0.29, 0.717) is 6.42 Å². The predicted molar refractivity (Wildman–Crippen MR) is 88.5 cm³/mol. The Labute approximate surface area is 140 Å². The maximum atomic E-state index is 12.9. The Hall–Kier alpha value is -2.76. The lowest BCUT2D eigenvalue weighted by molar-refractivity contribution is -0.123. The minimum atomic E-state index is -0.546. The molecule has 6 heteroatoms. The van der Waals surface area contributed by atoms with E-state index in [2.05, 4.69) is 10.3 Å². The summed E-state index contributed by atoms with van der Waals surface area (Å²) < 4.78 is 12.9. The first-order valence-corrected chi connectivity index (χ1v) is 7.66. The Kier molecular flexibility index (Phi) is 6.01. The van der Waals surface area contributed by atoms with Crippen LogP contribution in [0.2, 0.25) is 0 Å². The number of amides is 2. The van der Waals surface area contributed by atoms with Gasteiger partial charge in [0.25, 0.3) is 0 Å². The smallest absolute Gasteiger partial charge is 0.224 e. The molecule has 2 aromatic rings. The van der Waals surface area contributed by atoms with Gasteiger partial charge >= 0.3 is 0 Å². The highest BCUT2D eigenvalue weighted by molar-refractivity contribution is 5.81. The van der Waals surface area contributed by atoms with Crippen LogP contribution in [-0.4, -0.2) is 23.3 Å². The highest BCUT2D eigenvalue weighted by atomic mass is 19.1. The molecule has 5 nitrogen and oxygen atoms in total. The van der Waals surface area contributed by atoms with Gasteiger partial charge in [0.05, 0.1) is 12.3 Å². The normalized spacial score (nSPS) is 11.8. The van der Waals surface area contributed by atoms with Crippen LogP contribution in [0.4, 0.5) is 4.39 Å². The Morgan fingerprint density at radius 1 is 1.17 bits per heavy atom. The molecule has 24 heavy (non-hydrogen) atoms. The van der Waals surface area contributed by atoms with Crippen LogP contribution < -0.4 is 11.1 Å². The molecule has 1 aromatic carbocycles. The van der Waals surface area contributed by atoms with Crippen LogP contribution in [-0.2, 0) is 22.4 Å². The third-order valence-corrected chi connectivity index (χ3v) is 3.68. The molecule has 0 bridgehead atoms. The van der Waals surface area contributed by atoms with Crippen LogP contribution in [0.3, 0.4) is 0 Å². The van der Waals surface area contributed by atoms with Crippen LogP contribution >= 0.6 is 0 Å². The van der Waals surface area contributed by atoms with Crippen LogP contribution in [0.15, 0.2) is 42.6 Å². The van der Waals surface area contributed by atoms with Crippen molar-refractivity contribution < 1.29 is 14.0 Å². The van der Waals surface area contributed by atoms with Gasteiger partial charge in [-0.2, -0.15) is 0 Å². The van der Waals surface area contributed by atoms with Crippen molar-refractivity contribution in [2.24, 2.45) is 11.7 Å². The molecule has 1 aromatic heterocycles. The molecule has 1 heterocycles. The van der Waals surface area contributed by atoms with Gasteiger partial charge in [-0.3, -0.25) is 14.6 Å². The molecule has 2 rings (SSSR count). The SMILES string of the molecule is Cc1ccc(CC(=O)NCC(Cc2ccc(F)cc2)C(N)=O)cn1. The Morgan fingerprint density at radius 2 is 1.83 bits per heavy atom. The summed E-state index contributed by atoms with van der Waals surface area (Å²) in [5.41, 5.74) is 7.86. The topological polar surface area (TPSA) is 85.1 Å². The molecule has 2 amide bonds. The van der Waals surface area contributed by atoms with E-state index < -0.39 is 11.8 Å². The number of rotatable bonds is 7. The Balaban J connectivity index is 1.88. The molecule has 1 unspecified atom stereocenters. The van der Waals surface area contributed by atoms with E-state index >= 15 is 0 Å². The first kappa shape index (κ1) is 17.6. The number of carbonyl (C=O) groups is 2. The second kappa shape index (κ2) is 8.19. The third kappa shape index (κ3) is 5.46. The van der Waals surface area contributed by atoms with Crippen molar-refractivity contribution in [2.75, 3.05) is 6.54 Å². The van der Waals surface area contributed by atoms with Crippen LogP contribution in [0, 0.1) is 18.7 Å². The van der Waals surface area contributed by atoms with Gasteiger partial charge < -0.3 is 11.1 Å². The molecule has 0 radical (unpaired) electrons. The molecular weight excluding hydrogens is 309 g/mol. The maximum Gasteiger partial charge on any atom is 0.224 e. The van der Waals surface area contributed by atoms with E-state index in [1.807, 2.05) is 19.1 Å². The second-order valence-electron chi connectivity index (χ2n) is 5.72. The van der Waals surface area contributed by atoms with E-state index in [1.165, 1.54) is 12.1 Å². The van der Waals surface area contributed by atoms with Crippen molar-refractivity contribution >= 4 is 11.8 Å². The summed E-state index contributed by atoms with van der Waals surface area (Å²) in [5, 5.41) is 2.72. The number of hydrogen-bond donors (Lipinski definition) is 2. The summed E-state index contributed by atoms with van der Waals surface area (Å²) in [4.78, 5) is 27.7. The van der Waals surface area contributed by atoms with E-state index in [-0.39, 0.29) is 24.7 Å². The number of primary amides is 1. The number of pyridine rings is 1. The molecule has 0 aliphatic carbocycles. The lowest BCUT2D eigenvalue weighted by Gasteiger charge is -2.14. The molecule has 0 saturated heterocycles. The Morgan fingerprint density at radius 3 is 2.42 bits per heavy atom. The number of aromatic nitrogens is 1. The van der Waals surface area contributed by atoms with Crippen molar-refractivity contribution in [3.63, 3.8) is 0 Å². The van der Waals surface area contributed by atoms with Crippen LogP contribution in [0.5, 0.6) is 0 Å². The van der Waals surface area contributed by atoms with Gasteiger partial charge in [0.1, 0.15) is 5.82 Å². The monoisotopic (exact) mass is 329 g/mol. The zero-order valence-electron chi connectivity index (χ0n) is 13.5. The van der Waals surface area contributed by atoms with Crippen molar-refractivity contribution in [1.82, 2.24) is 10.3 Å². The van der Waals surface area contributed by atoms with E-state index in [1.54, 1.807) is 18.3 Å². The van der Waals surface area contributed by atoms with E-state index in [9.17, 15) is 14.0 Å². The number of carbonyl (C=O) groups excluding carboxylic acids is 2. The molecule has 1 atom stereocenters. The zero-order chi connectivity index (χ0) is 17.5. The number of nitrogens with two attached hydrogens (primary N) is 1. The van der Waals surface area contributed by atoms with Gasteiger partial charge in [0, 0.05) is 18.4 Å². The highest BCUT2D eigenvalue weighted by Gasteiger charge is 2.17. The predicted octanol–water partition coefficient (Wildman–Crippen LogP) is 1.53. The summed E-state index contributed by atoms with van der Waals surface area (Å²) >= 11 is 0. The highest BCUT2D eigenvalue weighted by Crippen LogP contribution is 2.10. The Bertz CT molecular complexity index is 699. The van der Waals surface area contributed by atoms with Gasteiger partial charge in [-0.05, 0) is 42.7 Å². The fourth-order valence-electron chi connectivity index (χ4n) is 2.27. The van der Waals surface area contributed by atoms with Gasteiger partial charge in [-0.25, -0.2) is 4.39 Å². The maximum absolute atomic E-state index is 12.9. The van der Waals surface area contributed by atoms with Crippen molar-refractivity contribution in [3.05, 3.63) is 65.2 Å². The number of nitrogens with one attached hydrogen (secondary N) is 1. The summed E-state index contributed by atoms with van der Waals surface area (Å²) in [6, 6.07) is 9.54. The summed E-state index contributed by atoms with van der Waals surface area (Å²) in [5.74, 6) is -1.59. The average Bonchev–Trinajstić information content (AvgIpc) is 2.55. The molecule has 0 spiro atoms. The molecule has 0 saturated carbocycles. The lowest BCUT2D eigenvalue weighted by Crippen LogP contribution is -2.37. The minimum Gasteiger partial charge on any atom is -0.369 e.